The molecule has 7 atom stereocenters. The zero-order valence-electron chi connectivity index (χ0n) is 48.9. The lowest BCUT2D eigenvalue weighted by atomic mass is 9.89. The van der Waals surface area contributed by atoms with Crippen LogP contribution in [-0.4, -0.2) is 212 Å². The van der Waals surface area contributed by atoms with Gasteiger partial charge in [-0.15, -0.1) is 0 Å². The van der Waals surface area contributed by atoms with Crippen molar-refractivity contribution in [1.29, 1.82) is 0 Å². The Labute approximate surface area is 469 Å². The Balaban J connectivity index is 1.12. The SMILES string of the molecule is CC[C@H](C)[C@@H]([C@@H](CC(=O)N1CCC[C@H]1[C@H](OC)[C@@H](C)C(=O)NCC1(c2ccccc2)CC1)OC)N(C)C(=O)[C@@H](NC(=O)C(C)(C)NC(=O)CCOCCOCCOCCOCCCOCCOCCN1C(=O)C=CC1=O)C(C)C. The van der Waals surface area contributed by atoms with Crippen LogP contribution in [0.15, 0.2) is 42.5 Å². The van der Waals surface area contributed by atoms with Gasteiger partial charge in [0.15, 0.2) is 0 Å². The van der Waals surface area contributed by atoms with Crippen LogP contribution < -0.4 is 16.0 Å². The highest BCUT2D eigenvalue weighted by molar-refractivity contribution is 6.12. The molecule has 1 aromatic rings. The van der Waals surface area contributed by atoms with E-state index in [9.17, 15) is 33.6 Å². The molecule has 2 heterocycles. The number of imide groups is 1. The highest BCUT2D eigenvalue weighted by Gasteiger charge is 2.46. The molecule has 0 aromatic heterocycles. The highest BCUT2D eigenvalue weighted by Crippen LogP contribution is 2.47. The number of carbonyl (C=O) groups is 7. The molecule has 1 saturated carbocycles. The number of rotatable bonds is 41. The number of nitrogens with one attached hydrogen (secondary N) is 3. The van der Waals surface area contributed by atoms with E-state index in [0.717, 1.165) is 24.2 Å². The van der Waals surface area contributed by atoms with Crippen molar-refractivity contribution in [3.05, 3.63) is 48.0 Å². The summed E-state index contributed by atoms with van der Waals surface area (Å²) in [5, 5.41) is 8.88. The number of hydrogen-bond donors (Lipinski definition) is 3. The van der Waals surface area contributed by atoms with Crippen molar-refractivity contribution in [2.75, 3.05) is 120 Å². The largest absolute Gasteiger partial charge is 0.379 e. The quantitative estimate of drug-likeness (QED) is 0.0628. The van der Waals surface area contributed by atoms with Gasteiger partial charge in [-0.2, -0.15) is 0 Å². The van der Waals surface area contributed by atoms with Crippen molar-refractivity contribution in [2.45, 2.75) is 141 Å². The van der Waals surface area contributed by atoms with E-state index in [1.54, 1.807) is 40.0 Å². The summed E-state index contributed by atoms with van der Waals surface area (Å²) in [5.74, 6) is -3.11. The number of amides is 7. The van der Waals surface area contributed by atoms with Crippen LogP contribution in [0.4, 0.5) is 0 Å². The fraction of sp³-hybridized carbons (Fsp3) is 0.741. The van der Waals surface area contributed by atoms with Gasteiger partial charge in [0.25, 0.3) is 11.8 Å². The molecular formula is C58H94N6O15. The summed E-state index contributed by atoms with van der Waals surface area (Å²) >= 11 is 0. The fourth-order valence-electron chi connectivity index (χ4n) is 10.1. The predicted molar refractivity (Wildman–Crippen MR) is 295 cm³/mol. The minimum Gasteiger partial charge on any atom is -0.379 e. The number of methoxy groups -OCH3 is 2. The average molecular weight is 1120 g/mol. The number of carbonyl (C=O) groups excluding carboxylic acids is 7. The molecule has 446 valence electrons. The first-order valence-electron chi connectivity index (χ1n) is 28.4. The number of ether oxygens (including phenoxy) is 8. The van der Waals surface area contributed by atoms with Gasteiger partial charge in [-0.1, -0.05) is 71.4 Å². The van der Waals surface area contributed by atoms with Crippen LogP contribution in [0.25, 0.3) is 0 Å². The van der Waals surface area contributed by atoms with Crippen molar-refractivity contribution in [3.8, 4) is 0 Å². The number of hydrogen-bond acceptors (Lipinski definition) is 15. The maximum Gasteiger partial charge on any atom is 0.253 e. The first-order valence-corrected chi connectivity index (χ1v) is 28.4. The van der Waals surface area contributed by atoms with Gasteiger partial charge >= 0.3 is 0 Å². The average Bonchev–Trinajstić information content (AvgIpc) is 4.03. The zero-order chi connectivity index (χ0) is 58.0. The maximum atomic E-state index is 14.5. The van der Waals surface area contributed by atoms with Gasteiger partial charge in [-0.05, 0) is 63.4 Å². The third-order valence-corrected chi connectivity index (χ3v) is 15.2. The monoisotopic (exact) mass is 1110 g/mol. The van der Waals surface area contributed by atoms with Gasteiger partial charge in [0, 0.05) is 71.6 Å². The summed E-state index contributed by atoms with van der Waals surface area (Å²) in [5.41, 5.74) is -0.186. The molecule has 0 unspecified atom stereocenters. The lowest BCUT2D eigenvalue weighted by molar-refractivity contribution is -0.148. The Hall–Kier alpha value is -4.87. The van der Waals surface area contributed by atoms with E-state index in [1.165, 1.54) is 17.7 Å². The van der Waals surface area contributed by atoms with Crippen LogP contribution >= 0.6 is 0 Å². The molecule has 4 rings (SSSR count). The molecule has 0 radical (unpaired) electrons. The molecule has 0 spiro atoms. The second-order valence-corrected chi connectivity index (χ2v) is 21.8. The summed E-state index contributed by atoms with van der Waals surface area (Å²) in [4.78, 5) is 96.9. The van der Waals surface area contributed by atoms with Crippen LogP contribution in [0.1, 0.15) is 105 Å². The standard InChI is InChI=1S/C58H94N6O15/c1-11-42(4)52(46(72-9)39-50(68)63-25-15-19-45(63)53(73-10)43(5)54(69)59-40-58(23-24-58)44-17-13-12-14-18-44)62(8)55(70)51(41(2)3)60-56(71)57(6,7)61-47(65)22-29-76-33-36-79-38-37-78-35-32-75-28-16-27-74-31-34-77-30-26-64-48(66)20-21-49(64)67/h12-14,17-18,20-21,41-43,45-46,51-53H,11,15-16,19,22-40H2,1-10H3,(H,59,69)(H,60,71)(H,61,65)/t42-,43+,45-,46+,51-,52-,53+/m0/s1. The predicted octanol–water partition coefficient (Wildman–Crippen LogP) is 3.60. The molecule has 7 amide bonds. The van der Waals surface area contributed by atoms with Gasteiger partial charge in [0.05, 0.1) is 109 Å². The Morgan fingerprint density at radius 3 is 1.86 bits per heavy atom. The van der Waals surface area contributed by atoms with E-state index in [4.69, 9.17) is 37.9 Å². The Kier molecular flexibility index (Phi) is 29.0. The van der Waals surface area contributed by atoms with Crippen molar-refractivity contribution < 1.29 is 71.5 Å². The summed E-state index contributed by atoms with van der Waals surface area (Å²) in [7, 11) is 4.82. The second-order valence-electron chi connectivity index (χ2n) is 21.8. The Morgan fingerprint density at radius 2 is 1.33 bits per heavy atom. The topological polar surface area (TPSA) is 239 Å². The number of likely N-dealkylation sites (N-methyl/N-ethyl adjacent to an activating group) is 1. The van der Waals surface area contributed by atoms with Gasteiger partial charge < -0.3 is 63.6 Å². The third kappa shape index (κ3) is 21.2. The van der Waals surface area contributed by atoms with Crippen LogP contribution in [-0.2, 0) is 76.9 Å². The molecule has 1 saturated heterocycles. The summed E-state index contributed by atoms with van der Waals surface area (Å²) < 4.78 is 45.2. The molecule has 2 aliphatic heterocycles. The molecule has 3 N–H and O–H groups in total. The van der Waals surface area contributed by atoms with Crippen molar-refractivity contribution >= 4 is 41.4 Å². The van der Waals surface area contributed by atoms with Crippen LogP contribution in [0.5, 0.6) is 0 Å². The first-order chi connectivity index (χ1) is 37.8. The number of nitrogens with zero attached hydrogens (tertiary/aromatic N) is 3. The minimum atomic E-state index is -1.37. The molecule has 21 nitrogen and oxygen atoms in total. The maximum absolute atomic E-state index is 14.5. The molecule has 1 aromatic carbocycles. The molecular weight excluding hydrogens is 1020 g/mol. The molecule has 3 aliphatic rings. The molecule has 21 heteroatoms. The van der Waals surface area contributed by atoms with Crippen LogP contribution in [0.3, 0.4) is 0 Å². The molecule has 2 fully saturated rings. The smallest absolute Gasteiger partial charge is 0.253 e. The highest BCUT2D eigenvalue weighted by atomic mass is 16.6. The molecule has 79 heavy (non-hydrogen) atoms. The molecule has 1 aliphatic carbocycles. The van der Waals surface area contributed by atoms with E-state index < -0.39 is 47.6 Å². The summed E-state index contributed by atoms with van der Waals surface area (Å²) in [6, 6.07) is 8.46. The van der Waals surface area contributed by atoms with Crippen LogP contribution in [0.2, 0.25) is 0 Å². The number of likely N-dealkylation sites (tertiary alicyclic amines) is 1. The Bertz CT molecular complexity index is 2070. The van der Waals surface area contributed by atoms with Crippen LogP contribution in [0, 0.1) is 17.8 Å². The normalized spacial score (nSPS) is 18.3. The van der Waals surface area contributed by atoms with E-state index in [-0.39, 0.29) is 92.0 Å². The first kappa shape index (κ1) is 66.6. The van der Waals surface area contributed by atoms with E-state index >= 15 is 0 Å². The van der Waals surface area contributed by atoms with E-state index in [1.807, 2.05) is 57.7 Å². The fourth-order valence-corrected chi connectivity index (χ4v) is 10.1. The van der Waals surface area contributed by atoms with E-state index in [0.29, 0.717) is 91.8 Å². The van der Waals surface area contributed by atoms with Gasteiger partial charge in [0.1, 0.15) is 11.6 Å². The minimum absolute atomic E-state index is 0.00307. The van der Waals surface area contributed by atoms with Crippen molar-refractivity contribution in [2.24, 2.45) is 17.8 Å². The van der Waals surface area contributed by atoms with E-state index in [2.05, 4.69) is 28.1 Å². The number of benzene rings is 1. The third-order valence-electron chi connectivity index (χ3n) is 15.2. The summed E-state index contributed by atoms with van der Waals surface area (Å²) in [6.45, 7) is 18.3. The van der Waals surface area contributed by atoms with Crippen molar-refractivity contribution in [1.82, 2.24) is 30.7 Å². The summed E-state index contributed by atoms with van der Waals surface area (Å²) in [6.07, 6.45) is 6.15. The van der Waals surface area contributed by atoms with Gasteiger partial charge in [-0.25, -0.2) is 0 Å². The van der Waals surface area contributed by atoms with Gasteiger partial charge in [-0.3, -0.25) is 38.5 Å². The second kappa shape index (κ2) is 34.4. The lowest BCUT2D eigenvalue weighted by Gasteiger charge is -2.41. The van der Waals surface area contributed by atoms with Crippen molar-refractivity contribution in [3.63, 3.8) is 0 Å². The Morgan fingerprint density at radius 1 is 0.772 bits per heavy atom. The zero-order valence-corrected chi connectivity index (χ0v) is 48.9. The lowest BCUT2D eigenvalue weighted by Crippen LogP contribution is -2.62. The molecule has 0 bridgehead atoms. The van der Waals surface area contributed by atoms with Gasteiger partial charge in [0.2, 0.25) is 29.5 Å².